The SMILES string of the molecule is CC(C(=O)Nc1ccc([N+](=O)[O-])cc1)N1CCCCCC1. The molecule has 0 bridgehead atoms. The predicted molar refractivity (Wildman–Crippen MR) is 81.2 cm³/mol. The fourth-order valence-corrected chi connectivity index (χ4v) is 2.56. The number of rotatable bonds is 4. The first-order chi connectivity index (χ1) is 10.1. The second-order valence-corrected chi connectivity index (χ2v) is 5.42. The van der Waals surface area contributed by atoms with Crippen LogP contribution in [0.25, 0.3) is 0 Å². The lowest BCUT2D eigenvalue weighted by molar-refractivity contribution is -0.384. The molecule has 1 fully saturated rings. The Morgan fingerprint density at radius 1 is 1.19 bits per heavy atom. The van der Waals surface area contributed by atoms with Gasteiger partial charge in [0.1, 0.15) is 0 Å². The van der Waals surface area contributed by atoms with Gasteiger partial charge in [0.2, 0.25) is 5.91 Å². The van der Waals surface area contributed by atoms with Crippen molar-refractivity contribution in [3.63, 3.8) is 0 Å². The van der Waals surface area contributed by atoms with Gasteiger partial charge in [0.25, 0.3) is 5.69 Å². The normalized spacial score (nSPS) is 17.8. The van der Waals surface area contributed by atoms with E-state index in [9.17, 15) is 14.9 Å². The maximum absolute atomic E-state index is 12.3. The molecule has 1 aromatic carbocycles. The average Bonchev–Trinajstić information content (AvgIpc) is 2.76. The number of benzene rings is 1. The number of amides is 1. The number of hydrogen-bond acceptors (Lipinski definition) is 4. The topological polar surface area (TPSA) is 75.5 Å². The first-order valence-electron chi connectivity index (χ1n) is 7.37. The van der Waals surface area contributed by atoms with Gasteiger partial charge in [0.05, 0.1) is 11.0 Å². The summed E-state index contributed by atoms with van der Waals surface area (Å²) in [7, 11) is 0. The van der Waals surface area contributed by atoms with Gasteiger partial charge in [-0.2, -0.15) is 0 Å². The Kier molecular flexibility index (Phi) is 5.27. The van der Waals surface area contributed by atoms with E-state index in [1.54, 1.807) is 12.1 Å². The highest BCUT2D eigenvalue weighted by atomic mass is 16.6. The largest absolute Gasteiger partial charge is 0.325 e. The average molecular weight is 291 g/mol. The monoisotopic (exact) mass is 291 g/mol. The third-order valence-corrected chi connectivity index (χ3v) is 3.91. The van der Waals surface area contributed by atoms with E-state index in [0.717, 1.165) is 25.9 Å². The lowest BCUT2D eigenvalue weighted by Crippen LogP contribution is -2.42. The Morgan fingerprint density at radius 2 is 1.76 bits per heavy atom. The number of hydrogen-bond donors (Lipinski definition) is 1. The summed E-state index contributed by atoms with van der Waals surface area (Å²) in [6.45, 7) is 3.82. The number of likely N-dealkylation sites (tertiary alicyclic amines) is 1. The number of anilines is 1. The molecule has 0 saturated carbocycles. The zero-order valence-electron chi connectivity index (χ0n) is 12.2. The zero-order valence-corrected chi connectivity index (χ0v) is 12.2. The fourth-order valence-electron chi connectivity index (χ4n) is 2.56. The molecule has 21 heavy (non-hydrogen) atoms. The summed E-state index contributed by atoms with van der Waals surface area (Å²) in [5, 5.41) is 13.4. The third-order valence-electron chi connectivity index (χ3n) is 3.91. The minimum absolute atomic E-state index is 0.0218. The lowest BCUT2D eigenvalue weighted by atomic mass is 10.2. The minimum atomic E-state index is -0.453. The Labute approximate surface area is 124 Å². The standard InChI is InChI=1S/C15H21N3O3/c1-12(17-10-4-2-3-5-11-17)15(19)16-13-6-8-14(9-7-13)18(20)21/h6-9,12H,2-5,10-11H2,1H3,(H,16,19). The molecule has 2 rings (SSSR count). The Hall–Kier alpha value is -1.95. The molecule has 1 amide bonds. The maximum Gasteiger partial charge on any atom is 0.269 e. The van der Waals surface area contributed by atoms with Crippen molar-refractivity contribution in [3.05, 3.63) is 34.4 Å². The van der Waals surface area contributed by atoms with E-state index in [0.29, 0.717) is 5.69 Å². The van der Waals surface area contributed by atoms with Crippen molar-refractivity contribution in [3.8, 4) is 0 Å². The van der Waals surface area contributed by atoms with E-state index >= 15 is 0 Å². The van der Waals surface area contributed by atoms with Crippen molar-refractivity contribution in [2.75, 3.05) is 18.4 Å². The molecule has 1 atom stereocenters. The lowest BCUT2D eigenvalue weighted by Gasteiger charge is -2.26. The van der Waals surface area contributed by atoms with Crippen LogP contribution in [0.3, 0.4) is 0 Å². The molecular formula is C15H21N3O3. The molecule has 1 N–H and O–H groups in total. The van der Waals surface area contributed by atoms with Crippen molar-refractivity contribution in [1.82, 2.24) is 4.90 Å². The van der Waals surface area contributed by atoms with Crippen LogP contribution in [0.1, 0.15) is 32.6 Å². The summed E-state index contributed by atoms with van der Waals surface area (Å²) >= 11 is 0. The minimum Gasteiger partial charge on any atom is -0.325 e. The molecule has 0 radical (unpaired) electrons. The van der Waals surface area contributed by atoms with Gasteiger partial charge < -0.3 is 5.32 Å². The molecule has 0 aromatic heterocycles. The van der Waals surface area contributed by atoms with Crippen LogP contribution < -0.4 is 5.32 Å². The number of nitro benzene ring substituents is 1. The van der Waals surface area contributed by atoms with Gasteiger partial charge >= 0.3 is 0 Å². The zero-order chi connectivity index (χ0) is 15.2. The van der Waals surface area contributed by atoms with Crippen molar-refractivity contribution in [1.29, 1.82) is 0 Å². The van der Waals surface area contributed by atoms with Gasteiger partial charge in [-0.3, -0.25) is 19.8 Å². The van der Waals surface area contributed by atoms with Gasteiger partial charge in [-0.25, -0.2) is 0 Å². The van der Waals surface area contributed by atoms with Crippen molar-refractivity contribution >= 4 is 17.3 Å². The highest BCUT2D eigenvalue weighted by molar-refractivity contribution is 5.94. The van der Waals surface area contributed by atoms with Gasteiger partial charge in [0.15, 0.2) is 0 Å². The summed E-state index contributed by atoms with van der Waals surface area (Å²) in [4.78, 5) is 24.6. The summed E-state index contributed by atoms with van der Waals surface area (Å²) in [6, 6.07) is 5.73. The molecule has 1 heterocycles. The Bertz CT molecular complexity index is 493. The molecule has 0 aliphatic carbocycles. The van der Waals surface area contributed by atoms with Crippen LogP contribution in [-0.2, 0) is 4.79 Å². The van der Waals surface area contributed by atoms with E-state index in [1.807, 2.05) is 6.92 Å². The van der Waals surface area contributed by atoms with E-state index in [4.69, 9.17) is 0 Å². The van der Waals surface area contributed by atoms with Gasteiger partial charge in [-0.05, 0) is 45.0 Å². The van der Waals surface area contributed by atoms with Crippen LogP contribution in [0.2, 0.25) is 0 Å². The molecule has 1 saturated heterocycles. The predicted octanol–water partition coefficient (Wildman–Crippen LogP) is 2.80. The van der Waals surface area contributed by atoms with Crippen LogP contribution >= 0.6 is 0 Å². The van der Waals surface area contributed by atoms with E-state index in [2.05, 4.69) is 10.2 Å². The first kappa shape index (κ1) is 15.4. The van der Waals surface area contributed by atoms with Gasteiger partial charge in [-0.1, -0.05) is 12.8 Å². The summed E-state index contributed by atoms with van der Waals surface area (Å²) < 4.78 is 0. The summed E-state index contributed by atoms with van der Waals surface area (Å²) in [5.41, 5.74) is 0.612. The van der Waals surface area contributed by atoms with Crippen LogP contribution in [-0.4, -0.2) is 34.9 Å². The Morgan fingerprint density at radius 3 is 2.29 bits per heavy atom. The van der Waals surface area contributed by atoms with E-state index < -0.39 is 4.92 Å². The maximum atomic E-state index is 12.3. The molecule has 0 spiro atoms. The van der Waals surface area contributed by atoms with Crippen molar-refractivity contribution in [2.45, 2.75) is 38.6 Å². The number of carbonyl (C=O) groups is 1. The molecule has 6 heteroatoms. The number of nitro groups is 1. The number of carbonyl (C=O) groups excluding carboxylic acids is 1. The van der Waals surface area contributed by atoms with E-state index in [-0.39, 0.29) is 17.6 Å². The fraction of sp³-hybridized carbons (Fsp3) is 0.533. The first-order valence-corrected chi connectivity index (χ1v) is 7.37. The highest BCUT2D eigenvalue weighted by Gasteiger charge is 2.22. The number of non-ortho nitro benzene ring substituents is 1. The van der Waals surface area contributed by atoms with Crippen molar-refractivity contribution < 1.29 is 9.72 Å². The van der Waals surface area contributed by atoms with Crippen molar-refractivity contribution in [2.24, 2.45) is 0 Å². The molecule has 1 unspecified atom stereocenters. The second-order valence-electron chi connectivity index (χ2n) is 5.42. The highest BCUT2D eigenvalue weighted by Crippen LogP contribution is 2.17. The smallest absolute Gasteiger partial charge is 0.269 e. The summed E-state index contributed by atoms with van der Waals surface area (Å²) in [6.07, 6.45) is 4.73. The summed E-state index contributed by atoms with van der Waals surface area (Å²) in [5.74, 6) is -0.0641. The molecular weight excluding hydrogens is 270 g/mol. The molecule has 114 valence electrons. The Balaban J connectivity index is 1.94. The molecule has 1 aliphatic heterocycles. The van der Waals surface area contributed by atoms with Gasteiger partial charge in [0, 0.05) is 17.8 Å². The van der Waals surface area contributed by atoms with Crippen LogP contribution in [0.4, 0.5) is 11.4 Å². The third kappa shape index (κ3) is 4.26. The van der Waals surface area contributed by atoms with E-state index in [1.165, 1.54) is 25.0 Å². The number of nitrogens with one attached hydrogen (secondary N) is 1. The number of nitrogens with zero attached hydrogens (tertiary/aromatic N) is 2. The second kappa shape index (κ2) is 7.17. The van der Waals surface area contributed by atoms with Crippen LogP contribution in [0, 0.1) is 10.1 Å². The van der Waals surface area contributed by atoms with Crippen LogP contribution in [0.5, 0.6) is 0 Å². The molecule has 1 aliphatic rings. The quantitative estimate of drug-likeness (QED) is 0.683. The molecule has 6 nitrogen and oxygen atoms in total. The van der Waals surface area contributed by atoms with Gasteiger partial charge in [-0.15, -0.1) is 0 Å². The van der Waals surface area contributed by atoms with Crippen LogP contribution in [0.15, 0.2) is 24.3 Å². The molecule has 1 aromatic rings.